The van der Waals surface area contributed by atoms with Gasteiger partial charge in [0.1, 0.15) is 17.6 Å². The van der Waals surface area contributed by atoms with Crippen molar-refractivity contribution in [3.63, 3.8) is 0 Å². The number of hydrogen-bond acceptors (Lipinski definition) is 3. The molecule has 1 fully saturated rings. The third-order valence-corrected chi connectivity index (χ3v) is 4.05. The molecular weight excluding hydrogens is 290 g/mol. The van der Waals surface area contributed by atoms with Crippen LogP contribution < -0.4 is 20.1 Å². The van der Waals surface area contributed by atoms with E-state index in [2.05, 4.69) is 36.6 Å². The number of benzene rings is 1. The fourth-order valence-electron chi connectivity index (χ4n) is 2.80. The Morgan fingerprint density at radius 2 is 2.17 bits per heavy atom. The minimum atomic E-state index is 0.243. The normalized spacial score (nSPS) is 20.0. The molecule has 1 atom stereocenters. The molecule has 1 aromatic carbocycles. The van der Waals surface area contributed by atoms with Gasteiger partial charge in [0.05, 0.1) is 13.2 Å². The molecule has 0 spiro atoms. The fourth-order valence-corrected chi connectivity index (χ4v) is 2.80. The lowest BCUT2D eigenvalue weighted by molar-refractivity contribution is 0.254. The lowest BCUT2D eigenvalue weighted by Crippen LogP contribution is -2.38. The van der Waals surface area contributed by atoms with E-state index >= 15 is 0 Å². The van der Waals surface area contributed by atoms with Crippen LogP contribution in [0.3, 0.4) is 0 Å². The molecule has 23 heavy (non-hydrogen) atoms. The van der Waals surface area contributed by atoms with Gasteiger partial charge in [-0.3, -0.25) is 0 Å². The summed E-state index contributed by atoms with van der Waals surface area (Å²) in [6, 6.07) is 4.80. The predicted molar refractivity (Wildman–Crippen MR) is 92.4 cm³/mol. The van der Waals surface area contributed by atoms with Gasteiger partial charge >= 0.3 is 0 Å². The number of hydrogen-bond donors (Lipinski definition) is 2. The van der Waals surface area contributed by atoms with Crippen molar-refractivity contribution in [2.45, 2.75) is 58.7 Å². The molecule has 0 radical (unpaired) electrons. The van der Waals surface area contributed by atoms with Crippen LogP contribution in [0, 0.1) is 0 Å². The minimum absolute atomic E-state index is 0.243. The van der Waals surface area contributed by atoms with Crippen molar-refractivity contribution in [3.05, 3.63) is 23.3 Å². The van der Waals surface area contributed by atoms with Crippen molar-refractivity contribution in [1.29, 1.82) is 0 Å². The average Bonchev–Trinajstić information content (AvgIpc) is 3.25. The summed E-state index contributed by atoms with van der Waals surface area (Å²) in [6.07, 6.45) is 3.66. The Bertz CT molecular complexity index is 582. The number of rotatable bonds is 6. The lowest BCUT2D eigenvalue weighted by atomic mass is 10.1. The molecule has 1 aliphatic heterocycles. The van der Waals surface area contributed by atoms with Crippen LogP contribution in [0.1, 0.15) is 44.7 Å². The summed E-state index contributed by atoms with van der Waals surface area (Å²) in [5.41, 5.74) is 2.31. The maximum Gasteiger partial charge on any atom is 0.191 e. The predicted octanol–water partition coefficient (Wildman–Crippen LogP) is 2.63. The van der Waals surface area contributed by atoms with Gasteiger partial charge in [-0.1, -0.05) is 0 Å². The second-order valence-electron chi connectivity index (χ2n) is 6.25. The smallest absolute Gasteiger partial charge is 0.191 e. The number of fused-ring (bicyclic) bond motifs is 1. The highest BCUT2D eigenvalue weighted by molar-refractivity contribution is 5.80. The molecule has 0 aromatic heterocycles. The zero-order valence-corrected chi connectivity index (χ0v) is 14.3. The Kier molecular flexibility index (Phi) is 4.94. The SMILES string of the molecule is CCNC(=NCc1cc2c(cc1OCC)CC(C)O2)NC1CC1. The average molecular weight is 317 g/mol. The summed E-state index contributed by atoms with van der Waals surface area (Å²) in [7, 11) is 0. The molecule has 0 saturated heterocycles. The molecule has 126 valence electrons. The zero-order chi connectivity index (χ0) is 16.2. The summed E-state index contributed by atoms with van der Waals surface area (Å²) in [5.74, 6) is 2.79. The van der Waals surface area contributed by atoms with Crippen molar-refractivity contribution >= 4 is 5.96 Å². The maximum absolute atomic E-state index is 5.87. The van der Waals surface area contributed by atoms with E-state index in [4.69, 9.17) is 14.5 Å². The van der Waals surface area contributed by atoms with Crippen molar-refractivity contribution < 1.29 is 9.47 Å². The van der Waals surface area contributed by atoms with Gasteiger partial charge in [0.25, 0.3) is 0 Å². The summed E-state index contributed by atoms with van der Waals surface area (Å²) in [5, 5.41) is 6.74. The lowest BCUT2D eigenvalue weighted by Gasteiger charge is -2.13. The first-order valence-electron chi connectivity index (χ1n) is 8.69. The Labute approximate surface area is 138 Å². The summed E-state index contributed by atoms with van der Waals surface area (Å²) in [4.78, 5) is 4.71. The first kappa shape index (κ1) is 16.0. The van der Waals surface area contributed by atoms with Crippen LogP contribution in [0.4, 0.5) is 0 Å². The van der Waals surface area contributed by atoms with Crippen LogP contribution in [-0.4, -0.2) is 31.3 Å². The molecule has 5 heteroatoms. The largest absolute Gasteiger partial charge is 0.494 e. The Morgan fingerprint density at radius 3 is 2.87 bits per heavy atom. The van der Waals surface area contributed by atoms with Gasteiger partial charge in [0, 0.05) is 30.1 Å². The van der Waals surface area contributed by atoms with Gasteiger partial charge in [-0.05, 0) is 45.7 Å². The van der Waals surface area contributed by atoms with Crippen molar-refractivity contribution in [2.75, 3.05) is 13.2 Å². The van der Waals surface area contributed by atoms with Crippen LogP contribution in [-0.2, 0) is 13.0 Å². The zero-order valence-electron chi connectivity index (χ0n) is 14.3. The van der Waals surface area contributed by atoms with E-state index in [9.17, 15) is 0 Å². The fraction of sp³-hybridized carbons (Fsp3) is 0.611. The molecule has 1 aromatic rings. The molecule has 2 N–H and O–H groups in total. The van der Waals surface area contributed by atoms with Crippen molar-refractivity contribution in [1.82, 2.24) is 10.6 Å². The molecule has 3 rings (SSSR count). The Morgan fingerprint density at radius 1 is 1.35 bits per heavy atom. The van der Waals surface area contributed by atoms with Gasteiger partial charge in [-0.15, -0.1) is 0 Å². The first-order chi connectivity index (χ1) is 11.2. The van der Waals surface area contributed by atoms with Crippen LogP contribution >= 0.6 is 0 Å². The molecule has 1 heterocycles. The van der Waals surface area contributed by atoms with E-state index in [1.807, 2.05) is 6.92 Å². The molecule has 1 saturated carbocycles. The van der Waals surface area contributed by atoms with Gasteiger partial charge in [-0.2, -0.15) is 0 Å². The quantitative estimate of drug-likeness (QED) is 0.625. The highest BCUT2D eigenvalue weighted by Crippen LogP contribution is 2.35. The summed E-state index contributed by atoms with van der Waals surface area (Å²) >= 11 is 0. The molecule has 1 unspecified atom stereocenters. The molecule has 2 aliphatic rings. The minimum Gasteiger partial charge on any atom is -0.494 e. The second kappa shape index (κ2) is 7.11. The molecule has 5 nitrogen and oxygen atoms in total. The Hall–Kier alpha value is -1.91. The number of aliphatic imine (C=N–C) groups is 1. The van der Waals surface area contributed by atoms with E-state index in [1.54, 1.807) is 0 Å². The highest BCUT2D eigenvalue weighted by Gasteiger charge is 2.23. The molecule has 1 aliphatic carbocycles. The third kappa shape index (κ3) is 4.09. The van der Waals surface area contributed by atoms with Crippen LogP contribution in [0.5, 0.6) is 11.5 Å². The first-order valence-corrected chi connectivity index (χ1v) is 8.69. The number of nitrogens with one attached hydrogen (secondary N) is 2. The van der Waals surface area contributed by atoms with E-state index in [0.29, 0.717) is 19.2 Å². The van der Waals surface area contributed by atoms with Gasteiger partial charge in [-0.25, -0.2) is 4.99 Å². The number of ether oxygens (including phenoxy) is 2. The van der Waals surface area contributed by atoms with Crippen LogP contribution in [0.25, 0.3) is 0 Å². The summed E-state index contributed by atoms with van der Waals surface area (Å²) < 4.78 is 11.7. The van der Waals surface area contributed by atoms with E-state index in [1.165, 1.54) is 18.4 Å². The standard InChI is InChI=1S/C18H27N3O2/c1-4-19-18(21-15-6-7-15)20-11-14-10-17-13(8-12(3)23-17)9-16(14)22-5-2/h9-10,12,15H,4-8,11H2,1-3H3,(H2,19,20,21). The van der Waals surface area contributed by atoms with Crippen LogP contribution in [0.15, 0.2) is 17.1 Å². The Balaban J connectivity index is 1.78. The monoisotopic (exact) mass is 317 g/mol. The maximum atomic E-state index is 5.87. The number of nitrogens with zero attached hydrogens (tertiary/aromatic N) is 1. The summed E-state index contributed by atoms with van der Waals surface area (Å²) in [6.45, 7) is 8.30. The second-order valence-corrected chi connectivity index (χ2v) is 6.25. The van der Waals surface area contributed by atoms with E-state index < -0.39 is 0 Å². The van der Waals surface area contributed by atoms with Gasteiger partial charge in [0.15, 0.2) is 5.96 Å². The van der Waals surface area contributed by atoms with Gasteiger partial charge < -0.3 is 20.1 Å². The highest BCUT2D eigenvalue weighted by atomic mass is 16.5. The number of guanidine groups is 1. The van der Waals surface area contributed by atoms with Crippen LogP contribution in [0.2, 0.25) is 0 Å². The van der Waals surface area contributed by atoms with Crippen molar-refractivity contribution in [2.24, 2.45) is 4.99 Å². The molecule has 0 bridgehead atoms. The van der Waals surface area contributed by atoms with Gasteiger partial charge in [0.2, 0.25) is 0 Å². The topological polar surface area (TPSA) is 54.9 Å². The van der Waals surface area contributed by atoms with E-state index in [-0.39, 0.29) is 6.10 Å². The molecular formula is C18H27N3O2. The van der Waals surface area contributed by atoms with E-state index in [0.717, 1.165) is 36.0 Å². The molecule has 0 amide bonds. The third-order valence-electron chi connectivity index (χ3n) is 4.05. The van der Waals surface area contributed by atoms with Crippen molar-refractivity contribution in [3.8, 4) is 11.5 Å².